The minimum Gasteiger partial charge on any atom is -0.251 e. The summed E-state index contributed by atoms with van der Waals surface area (Å²) in [6.45, 7) is 1.82. The van der Waals surface area contributed by atoms with Crippen molar-refractivity contribution in [2.75, 3.05) is 6.67 Å². The lowest BCUT2D eigenvalue weighted by atomic mass is 10.4. The summed E-state index contributed by atoms with van der Waals surface area (Å²) in [6.07, 6.45) is -3.81. The quantitative estimate of drug-likeness (QED) is 0.549. The summed E-state index contributed by atoms with van der Waals surface area (Å²) >= 11 is 0. The van der Waals surface area contributed by atoms with Crippen molar-refractivity contribution in [2.45, 2.75) is 26.2 Å². The summed E-state index contributed by atoms with van der Waals surface area (Å²) < 4.78 is 49.7. The first kappa shape index (κ1) is 12.3. The molecule has 0 aliphatic rings. The Labute approximate surface area is 56.0 Å². The predicted octanol–water partition coefficient (Wildman–Crippen LogP) is 3.23. The maximum atomic E-state index is 11.0. The van der Waals surface area contributed by atoms with Gasteiger partial charge in [0.1, 0.15) is 0 Å². The zero-order valence-corrected chi connectivity index (χ0v) is 5.51. The molecule has 10 heavy (non-hydrogen) atoms. The number of rotatable bonds is 2. The van der Waals surface area contributed by atoms with E-state index < -0.39 is 6.43 Å². The molecular formula is C5H9F5. The highest BCUT2D eigenvalue weighted by atomic mass is 19.5. The fraction of sp³-hybridized carbons (Fsp3) is 1.00. The molecule has 0 aliphatic heterocycles. The Balaban J connectivity index is 0. The van der Waals surface area contributed by atoms with Crippen LogP contribution >= 0.6 is 0 Å². The van der Waals surface area contributed by atoms with Crippen LogP contribution in [-0.2, 0) is 0 Å². The molecule has 0 spiro atoms. The molecule has 0 unspecified atom stereocenters. The van der Waals surface area contributed by atoms with Crippen LogP contribution in [0.2, 0.25) is 0 Å². The third-order valence-corrected chi connectivity index (χ3v) is 0.487. The van der Waals surface area contributed by atoms with Crippen molar-refractivity contribution in [2.24, 2.45) is 0 Å². The zero-order valence-electron chi connectivity index (χ0n) is 5.51. The fourth-order valence-electron chi connectivity index (χ4n) is 0.134. The van der Waals surface area contributed by atoms with Crippen LogP contribution in [0, 0.1) is 0 Å². The van der Waals surface area contributed by atoms with Crippen molar-refractivity contribution in [3.63, 3.8) is 0 Å². The largest absolute Gasteiger partial charge is 0.559 e. The molecule has 0 nitrogen and oxygen atoms in total. The average Bonchev–Trinajstić information content (AvgIpc) is 1.63. The van der Waals surface area contributed by atoms with Gasteiger partial charge in [0, 0.05) is 0 Å². The molecule has 0 aromatic carbocycles. The highest BCUT2D eigenvalue weighted by molar-refractivity contribution is 4.23. The summed E-state index contributed by atoms with van der Waals surface area (Å²) in [7, 11) is 0. The van der Waals surface area contributed by atoms with Crippen LogP contribution in [-0.4, -0.2) is 13.1 Å². The monoisotopic (exact) mass is 164 g/mol. The Morgan fingerprint density at radius 2 is 1.40 bits per heavy atom. The van der Waals surface area contributed by atoms with Gasteiger partial charge in [0.25, 0.3) is 0 Å². The van der Waals surface area contributed by atoms with Gasteiger partial charge in [0.15, 0.2) is 0 Å². The van der Waals surface area contributed by atoms with Crippen LogP contribution in [0.1, 0.15) is 19.8 Å². The van der Waals surface area contributed by atoms with Crippen LogP contribution in [0.25, 0.3) is 0 Å². The second kappa shape index (κ2) is 6.77. The van der Waals surface area contributed by atoms with Gasteiger partial charge in [-0.25, -0.2) is 0 Å². The Morgan fingerprint density at radius 3 is 1.40 bits per heavy atom. The lowest BCUT2D eigenvalue weighted by Crippen LogP contribution is -1.92. The summed E-state index contributed by atoms with van der Waals surface area (Å²) in [5, 5.41) is 0. The third-order valence-electron chi connectivity index (χ3n) is 0.487. The van der Waals surface area contributed by atoms with E-state index in [-0.39, 0.29) is 6.67 Å². The van der Waals surface area contributed by atoms with Crippen molar-refractivity contribution in [3.8, 4) is 0 Å². The molecule has 0 heterocycles. The van der Waals surface area contributed by atoms with Crippen LogP contribution in [0.15, 0.2) is 0 Å². The topological polar surface area (TPSA) is 0 Å². The first-order valence-electron chi connectivity index (χ1n) is 2.73. The highest BCUT2D eigenvalue weighted by Gasteiger charge is 2.24. The van der Waals surface area contributed by atoms with Gasteiger partial charge in [-0.05, 0) is 6.42 Å². The van der Waals surface area contributed by atoms with E-state index in [1.807, 2.05) is 6.92 Å². The van der Waals surface area contributed by atoms with E-state index in [9.17, 15) is 22.0 Å². The smallest absolute Gasteiger partial charge is 0.251 e. The van der Waals surface area contributed by atoms with Gasteiger partial charge in [-0.3, -0.25) is 4.39 Å². The fourth-order valence-corrected chi connectivity index (χ4v) is 0.134. The lowest BCUT2D eigenvalue weighted by molar-refractivity contribution is -0.237. The molecule has 0 rings (SSSR count). The van der Waals surface area contributed by atoms with Crippen molar-refractivity contribution >= 4 is 0 Å². The first-order valence-corrected chi connectivity index (χ1v) is 2.73. The molecule has 0 saturated heterocycles. The van der Waals surface area contributed by atoms with E-state index in [4.69, 9.17) is 0 Å². The van der Waals surface area contributed by atoms with Crippen LogP contribution in [0.3, 0.4) is 0 Å². The van der Waals surface area contributed by atoms with Gasteiger partial charge in [-0.1, -0.05) is 13.3 Å². The summed E-state index contributed by atoms with van der Waals surface area (Å²) in [6, 6.07) is 0. The van der Waals surface area contributed by atoms with Crippen molar-refractivity contribution in [3.05, 3.63) is 0 Å². The minimum atomic E-state index is -5.50. The van der Waals surface area contributed by atoms with E-state index in [0.717, 1.165) is 12.8 Å². The third kappa shape index (κ3) is 124. The molecule has 0 aromatic rings. The van der Waals surface area contributed by atoms with E-state index >= 15 is 0 Å². The Bertz CT molecular complexity index is 49.5. The van der Waals surface area contributed by atoms with Crippen LogP contribution in [0.5, 0.6) is 0 Å². The second-order valence-corrected chi connectivity index (χ2v) is 1.47. The minimum absolute atomic E-state index is 0.156. The molecule has 0 bridgehead atoms. The highest BCUT2D eigenvalue weighted by Crippen LogP contribution is 2.13. The number of hydrogen-bond donors (Lipinski definition) is 0. The second-order valence-electron chi connectivity index (χ2n) is 1.47. The molecule has 0 atom stereocenters. The van der Waals surface area contributed by atoms with E-state index in [0.29, 0.717) is 0 Å². The molecular weight excluding hydrogens is 155 g/mol. The Kier molecular flexibility index (Phi) is 8.35. The SMILES string of the molecule is CCCCF.FC(F)(F)F. The van der Waals surface area contributed by atoms with Gasteiger partial charge >= 0.3 is 6.43 Å². The molecule has 0 amide bonds. The van der Waals surface area contributed by atoms with E-state index in [1.54, 1.807) is 0 Å². The average molecular weight is 164 g/mol. The number of alkyl halides is 5. The molecule has 0 N–H and O–H groups in total. The normalized spacial score (nSPS) is 10.2. The predicted molar refractivity (Wildman–Crippen MR) is 28.0 cm³/mol. The molecule has 0 aromatic heterocycles. The van der Waals surface area contributed by atoms with Gasteiger partial charge in [0.2, 0.25) is 0 Å². The molecule has 0 fully saturated rings. The van der Waals surface area contributed by atoms with Gasteiger partial charge in [0.05, 0.1) is 6.67 Å². The van der Waals surface area contributed by atoms with Crippen LogP contribution < -0.4 is 0 Å². The maximum Gasteiger partial charge on any atom is 0.559 e. The zero-order chi connectivity index (χ0) is 8.62. The Morgan fingerprint density at radius 1 is 1.10 bits per heavy atom. The molecule has 5 heteroatoms. The van der Waals surface area contributed by atoms with Crippen molar-refractivity contribution in [1.29, 1.82) is 0 Å². The number of unbranched alkanes of at least 4 members (excludes halogenated alkanes) is 1. The first-order chi connectivity index (χ1) is 4.41. The van der Waals surface area contributed by atoms with E-state index in [2.05, 4.69) is 0 Å². The van der Waals surface area contributed by atoms with E-state index in [1.165, 1.54) is 0 Å². The lowest BCUT2D eigenvalue weighted by Gasteiger charge is -1.82. The van der Waals surface area contributed by atoms with Gasteiger partial charge < -0.3 is 0 Å². The molecule has 0 aliphatic carbocycles. The molecule has 0 radical (unpaired) electrons. The molecule has 0 saturated carbocycles. The number of halogens is 5. The van der Waals surface area contributed by atoms with Gasteiger partial charge in [-0.2, -0.15) is 0 Å². The standard InChI is InChI=1S/C4H9F.CF4/c1-2-3-4-5;2-1(3,4)5/h2-4H2,1H3;. The van der Waals surface area contributed by atoms with Crippen molar-refractivity contribution < 1.29 is 22.0 Å². The van der Waals surface area contributed by atoms with Crippen LogP contribution in [0.4, 0.5) is 22.0 Å². The summed E-state index contributed by atoms with van der Waals surface area (Å²) in [5.41, 5.74) is 0. The van der Waals surface area contributed by atoms with Crippen molar-refractivity contribution in [1.82, 2.24) is 0 Å². The molecule has 64 valence electrons. The Hall–Kier alpha value is -0.350. The van der Waals surface area contributed by atoms with Gasteiger partial charge in [-0.15, -0.1) is 17.6 Å². The summed E-state index contributed by atoms with van der Waals surface area (Å²) in [5.74, 6) is 0. The summed E-state index contributed by atoms with van der Waals surface area (Å²) in [4.78, 5) is 0. The maximum absolute atomic E-state index is 11.0. The number of hydrogen-bond acceptors (Lipinski definition) is 0.